The lowest BCUT2D eigenvalue weighted by atomic mass is 10.2. The van der Waals surface area contributed by atoms with Gasteiger partial charge in [0.25, 0.3) is 0 Å². The van der Waals surface area contributed by atoms with Crippen LogP contribution >= 0.6 is 11.6 Å². The van der Waals surface area contributed by atoms with Crippen molar-refractivity contribution in [2.45, 2.75) is 32.4 Å². The SMILES string of the molecule is CCC(c1nc2cc(Cl)ccc2n1CCC#N)N(C)C. The predicted molar refractivity (Wildman–Crippen MR) is 81.7 cm³/mol. The van der Waals surface area contributed by atoms with Crippen LogP contribution in [0.25, 0.3) is 11.0 Å². The number of imidazole rings is 1. The van der Waals surface area contributed by atoms with Gasteiger partial charge >= 0.3 is 0 Å². The topological polar surface area (TPSA) is 44.9 Å². The molecule has 0 aliphatic carbocycles. The Kier molecular flexibility index (Phi) is 4.64. The standard InChI is InChI=1S/C15H19ClN4/c1-4-13(19(2)3)15-18-12-10-11(16)6-7-14(12)20(15)9-5-8-17/h6-7,10,13H,4-5,9H2,1-3H3. The molecule has 0 N–H and O–H groups in total. The van der Waals surface area contributed by atoms with E-state index in [2.05, 4.69) is 36.6 Å². The summed E-state index contributed by atoms with van der Waals surface area (Å²) in [6.07, 6.45) is 1.45. The molecule has 0 spiro atoms. The first kappa shape index (κ1) is 14.8. The third-order valence-corrected chi connectivity index (χ3v) is 3.73. The average Bonchev–Trinajstić information content (AvgIpc) is 2.74. The van der Waals surface area contributed by atoms with Crippen LogP contribution < -0.4 is 0 Å². The lowest BCUT2D eigenvalue weighted by Gasteiger charge is -2.23. The molecule has 2 aromatic rings. The van der Waals surface area contributed by atoms with Gasteiger partial charge in [0.2, 0.25) is 0 Å². The molecule has 1 atom stereocenters. The number of fused-ring (bicyclic) bond motifs is 1. The molecule has 2 rings (SSSR count). The predicted octanol–water partition coefficient (Wildman–Crippen LogP) is 3.62. The molecule has 106 valence electrons. The maximum atomic E-state index is 8.86. The molecule has 0 aliphatic rings. The zero-order valence-electron chi connectivity index (χ0n) is 12.1. The fraction of sp³-hybridized carbons (Fsp3) is 0.467. The van der Waals surface area contributed by atoms with E-state index >= 15 is 0 Å². The fourth-order valence-electron chi connectivity index (χ4n) is 2.55. The van der Waals surface area contributed by atoms with Crippen molar-refractivity contribution in [3.63, 3.8) is 0 Å². The summed E-state index contributed by atoms with van der Waals surface area (Å²) in [6, 6.07) is 8.17. The van der Waals surface area contributed by atoms with E-state index in [0.717, 1.165) is 23.3 Å². The molecule has 0 aliphatic heterocycles. The number of hydrogen-bond acceptors (Lipinski definition) is 3. The summed E-state index contributed by atoms with van der Waals surface area (Å²) in [6.45, 7) is 2.81. The smallest absolute Gasteiger partial charge is 0.127 e. The highest BCUT2D eigenvalue weighted by atomic mass is 35.5. The Balaban J connectivity index is 2.59. The third kappa shape index (κ3) is 2.79. The van der Waals surface area contributed by atoms with Gasteiger partial charge in [-0.2, -0.15) is 5.26 Å². The van der Waals surface area contributed by atoms with E-state index in [9.17, 15) is 0 Å². The van der Waals surface area contributed by atoms with Crippen LogP contribution in [0.1, 0.15) is 31.6 Å². The third-order valence-electron chi connectivity index (χ3n) is 3.50. The molecule has 4 nitrogen and oxygen atoms in total. The number of rotatable bonds is 5. The van der Waals surface area contributed by atoms with Gasteiger partial charge in [-0.05, 0) is 38.7 Å². The van der Waals surface area contributed by atoms with Gasteiger partial charge < -0.3 is 4.57 Å². The Bertz CT molecular complexity index is 639. The normalized spacial score (nSPS) is 12.8. The molecular formula is C15H19ClN4. The number of aryl methyl sites for hydroxylation is 1. The molecule has 5 heteroatoms. The minimum Gasteiger partial charge on any atom is -0.326 e. The van der Waals surface area contributed by atoms with Crippen LogP contribution in [0.3, 0.4) is 0 Å². The van der Waals surface area contributed by atoms with Crippen LogP contribution in [0.5, 0.6) is 0 Å². The number of nitrogens with zero attached hydrogens (tertiary/aromatic N) is 4. The van der Waals surface area contributed by atoms with E-state index in [4.69, 9.17) is 21.8 Å². The molecule has 0 saturated carbocycles. The zero-order chi connectivity index (χ0) is 14.7. The summed E-state index contributed by atoms with van der Waals surface area (Å²) in [5.74, 6) is 1.00. The van der Waals surface area contributed by atoms with Gasteiger partial charge in [0.15, 0.2) is 0 Å². The summed E-state index contributed by atoms with van der Waals surface area (Å²) in [4.78, 5) is 6.90. The zero-order valence-corrected chi connectivity index (χ0v) is 12.9. The Labute approximate surface area is 124 Å². The molecule has 1 aromatic heterocycles. The van der Waals surface area contributed by atoms with E-state index < -0.39 is 0 Å². The summed E-state index contributed by atoms with van der Waals surface area (Å²) >= 11 is 6.05. The van der Waals surface area contributed by atoms with Crippen LogP contribution in [0, 0.1) is 11.3 Å². The van der Waals surface area contributed by atoms with E-state index in [1.54, 1.807) is 0 Å². The highest BCUT2D eigenvalue weighted by Gasteiger charge is 2.20. The van der Waals surface area contributed by atoms with Crippen LogP contribution in [-0.2, 0) is 6.54 Å². The van der Waals surface area contributed by atoms with E-state index in [-0.39, 0.29) is 6.04 Å². The van der Waals surface area contributed by atoms with Gasteiger partial charge in [-0.1, -0.05) is 18.5 Å². The first-order valence-corrected chi connectivity index (χ1v) is 7.15. The Morgan fingerprint density at radius 1 is 1.45 bits per heavy atom. The first-order valence-electron chi connectivity index (χ1n) is 6.77. The minimum atomic E-state index is 0.236. The molecule has 1 aromatic carbocycles. The van der Waals surface area contributed by atoms with Crippen molar-refractivity contribution in [3.05, 3.63) is 29.0 Å². The van der Waals surface area contributed by atoms with Gasteiger partial charge in [-0.25, -0.2) is 4.98 Å². The van der Waals surface area contributed by atoms with E-state index in [0.29, 0.717) is 18.0 Å². The summed E-state index contributed by atoms with van der Waals surface area (Å²) in [7, 11) is 4.10. The largest absolute Gasteiger partial charge is 0.326 e. The molecule has 0 saturated heterocycles. The van der Waals surface area contributed by atoms with Gasteiger partial charge in [0, 0.05) is 11.6 Å². The summed E-state index contributed by atoms with van der Waals surface area (Å²) in [5.41, 5.74) is 1.94. The lowest BCUT2D eigenvalue weighted by Crippen LogP contribution is -2.23. The number of benzene rings is 1. The molecular weight excluding hydrogens is 272 g/mol. The maximum Gasteiger partial charge on any atom is 0.127 e. The number of hydrogen-bond donors (Lipinski definition) is 0. The monoisotopic (exact) mass is 290 g/mol. The van der Waals surface area contributed by atoms with E-state index in [1.807, 2.05) is 18.2 Å². The highest BCUT2D eigenvalue weighted by molar-refractivity contribution is 6.31. The molecule has 1 unspecified atom stereocenters. The van der Waals surface area contributed by atoms with Crippen LogP contribution in [0.2, 0.25) is 5.02 Å². The molecule has 20 heavy (non-hydrogen) atoms. The molecule has 0 radical (unpaired) electrons. The summed E-state index contributed by atoms with van der Waals surface area (Å²) in [5, 5.41) is 9.55. The second-order valence-corrected chi connectivity index (χ2v) is 5.49. The Morgan fingerprint density at radius 2 is 2.20 bits per heavy atom. The molecule has 0 fully saturated rings. The van der Waals surface area contributed by atoms with Crippen molar-refractivity contribution in [1.82, 2.24) is 14.5 Å². The number of nitriles is 1. The second-order valence-electron chi connectivity index (χ2n) is 5.05. The molecule has 0 bridgehead atoms. The summed E-state index contributed by atoms with van der Waals surface area (Å²) < 4.78 is 2.14. The Hall–Kier alpha value is -1.57. The minimum absolute atomic E-state index is 0.236. The van der Waals surface area contributed by atoms with Crippen LogP contribution in [0.15, 0.2) is 18.2 Å². The van der Waals surface area contributed by atoms with Crippen molar-refractivity contribution in [2.75, 3.05) is 14.1 Å². The lowest BCUT2D eigenvalue weighted by molar-refractivity contribution is 0.273. The van der Waals surface area contributed by atoms with Crippen molar-refractivity contribution >= 4 is 22.6 Å². The fourth-order valence-corrected chi connectivity index (χ4v) is 2.72. The number of halogens is 1. The highest BCUT2D eigenvalue weighted by Crippen LogP contribution is 2.27. The first-order chi connectivity index (χ1) is 9.58. The van der Waals surface area contributed by atoms with E-state index in [1.165, 1.54) is 0 Å². The second kappa shape index (κ2) is 6.25. The van der Waals surface area contributed by atoms with Crippen molar-refractivity contribution < 1.29 is 0 Å². The number of aromatic nitrogens is 2. The molecule has 0 amide bonds. The van der Waals surface area contributed by atoms with Crippen molar-refractivity contribution in [2.24, 2.45) is 0 Å². The molecule has 1 heterocycles. The average molecular weight is 291 g/mol. The Morgan fingerprint density at radius 3 is 2.80 bits per heavy atom. The van der Waals surface area contributed by atoms with Crippen LogP contribution in [0.4, 0.5) is 0 Å². The van der Waals surface area contributed by atoms with Gasteiger partial charge in [-0.15, -0.1) is 0 Å². The van der Waals surface area contributed by atoms with Crippen molar-refractivity contribution in [3.8, 4) is 6.07 Å². The van der Waals surface area contributed by atoms with Crippen LogP contribution in [-0.4, -0.2) is 28.5 Å². The quantitative estimate of drug-likeness (QED) is 0.845. The van der Waals surface area contributed by atoms with Gasteiger partial charge in [0.05, 0.1) is 29.6 Å². The maximum absolute atomic E-state index is 8.86. The van der Waals surface area contributed by atoms with Gasteiger partial charge in [0.1, 0.15) is 5.82 Å². The van der Waals surface area contributed by atoms with Gasteiger partial charge in [-0.3, -0.25) is 4.90 Å². The van der Waals surface area contributed by atoms with Crippen molar-refractivity contribution in [1.29, 1.82) is 5.26 Å².